The van der Waals surface area contributed by atoms with Gasteiger partial charge in [-0.2, -0.15) is 0 Å². The molecule has 0 aromatic heterocycles. The van der Waals surface area contributed by atoms with E-state index < -0.39 is 0 Å². The molecule has 138 valence electrons. The van der Waals surface area contributed by atoms with Crippen molar-refractivity contribution in [1.29, 1.82) is 0 Å². The molecule has 0 spiro atoms. The van der Waals surface area contributed by atoms with Crippen LogP contribution in [0.2, 0.25) is 0 Å². The summed E-state index contributed by atoms with van der Waals surface area (Å²) >= 11 is 0. The van der Waals surface area contributed by atoms with Crippen LogP contribution in [-0.2, 0) is 19.3 Å². The highest BCUT2D eigenvalue weighted by Crippen LogP contribution is 2.36. The average molecular weight is 350 g/mol. The summed E-state index contributed by atoms with van der Waals surface area (Å²) < 4.78 is 5.55. The van der Waals surface area contributed by atoms with Gasteiger partial charge in [0.05, 0.1) is 6.61 Å². The maximum absolute atomic E-state index is 6.11. The van der Waals surface area contributed by atoms with Crippen molar-refractivity contribution in [2.24, 2.45) is 11.7 Å². The molecule has 2 aromatic rings. The molecule has 2 nitrogen and oxygen atoms in total. The monoisotopic (exact) mass is 349 g/mol. The average Bonchev–Trinajstić information content (AvgIpc) is 3.09. The molecule has 2 aromatic carbocycles. The van der Waals surface area contributed by atoms with Gasteiger partial charge < -0.3 is 10.5 Å². The van der Waals surface area contributed by atoms with Crippen LogP contribution in [-0.4, -0.2) is 12.6 Å². The first-order valence-corrected chi connectivity index (χ1v) is 10.3. The third-order valence-corrected chi connectivity index (χ3v) is 6.26. The second-order valence-corrected chi connectivity index (χ2v) is 8.19. The highest BCUT2D eigenvalue weighted by molar-refractivity contribution is 5.37. The number of hydrogen-bond donors (Lipinski definition) is 1. The fourth-order valence-corrected chi connectivity index (χ4v) is 4.82. The van der Waals surface area contributed by atoms with Gasteiger partial charge in [-0.1, -0.05) is 30.3 Å². The molecule has 2 N–H and O–H groups in total. The van der Waals surface area contributed by atoms with Gasteiger partial charge in [-0.3, -0.25) is 0 Å². The second-order valence-electron chi connectivity index (χ2n) is 8.19. The van der Waals surface area contributed by atoms with E-state index in [0.717, 1.165) is 18.3 Å². The van der Waals surface area contributed by atoms with Crippen molar-refractivity contribution < 1.29 is 4.74 Å². The van der Waals surface area contributed by atoms with E-state index in [4.69, 9.17) is 10.5 Å². The molecule has 0 bridgehead atoms. The lowest BCUT2D eigenvalue weighted by Gasteiger charge is -2.26. The summed E-state index contributed by atoms with van der Waals surface area (Å²) in [5, 5.41) is 0. The second kappa shape index (κ2) is 7.84. The summed E-state index contributed by atoms with van der Waals surface area (Å²) in [5.74, 6) is 2.42. The molecule has 2 aliphatic carbocycles. The SMILES string of the molecule is CCOc1ccc(CC2CCc3cc(C4CCC(N)C4)ccc3C2)cc1. The number of hydrogen-bond acceptors (Lipinski definition) is 2. The maximum Gasteiger partial charge on any atom is 0.119 e. The van der Waals surface area contributed by atoms with E-state index in [1.165, 1.54) is 56.1 Å². The first-order valence-electron chi connectivity index (χ1n) is 10.3. The smallest absolute Gasteiger partial charge is 0.119 e. The van der Waals surface area contributed by atoms with Crippen LogP contribution < -0.4 is 10.5 Å². The lowest BCUT2D eigenvalue weighted by Crippen LogP contribution is -2.17. The largest absolute Gasteiger partial charge is 0.494 e. The Balaban J connectivity index is 1.40. The standard InChI is InChI=1S/C24H31NO/c1-2-26-24-11-4-17(5-12-24)13-18-3-6-20-15-21(8-7-19(20)14-18)22-9-10-23(25)16-22/h4-5,7-8,11-12,15,18,22-23H,2-3,6,9-10,13-14,16,25H2,1H3. The van der Waals surface area contributed by atoms with Crippen molar-refractivity contribution in [3.63, 3.8) is 0 Å². The summed E-state index contributed by atoms with van der Waals surface area (Å²) in [4.78, 5) is 0. The van der Waals surface area contributed by atoms with Gasteiger partial charge in [0.1, 0.15) is 5.75 Å². The molecule has 26 heavy (non-hydrogen) atoms. The van der Waals surface area contributed by atoms with E-state index in [0.29, 0.717) is 12.0 Å². The van der Waals surface area contributed by atoms with Crippen LogP contribution in [0.25, 0.3) is 0 Å². The Bertz CT molecular complexity index is 736. The molecular formula is C24H31NO. The first-order chi connectivity index (χ1) is 12.7. The van der Waals surface area contributed by atoms with Gasteiger partial charge in [0.25, 0.3) is 0 Å². The van der Waals surface area contributed by atoms with Gasteiger partial charge >= 0.3 is 0 Å². The lowest BCUT2D eigenvalue weighted by atomic mass is 9.79. The van der Waals surface area contributed by atoms with Crippen molar-refractivity contribution >= 4 is 0 Å². The number of rotatable bonds is 5. The summed E-state index contributed by atoms with van der Waals surface area (Å²) in [5.41, 5.74) is 12.2. The van der Waals surface area contributed by atoms with Crippen LogP contribution >= 0.6 is 0 Å². The fourth-order valence-electron chi connectivity index (χ4n) is 4.82. The molecule has 4 rings (SSSR count). The molecule has 0 heterocycles. The molecule has 0 amide bonds. The van der Waals surface area contributed by atoms with Crippen LogP contribution in [0.1, 0.15) is 60.8 Å². The van der Waals surface area contributed by atoms with Gasteiger partial charge in [0, 0.05) is 6.04 Å². The molecule has 2 aliphatic rings. The maximum atomic E-state index is 6.11. The third kappa shape index (κ3) is 3.96. The molecule has 1 saturated carbocycles. The highest BCUT2D eigenvalue weighted by Gasteiger charge is 2.25. The quantitative estimate of drug-likeness (QED) is 0.822. The van der Waals surface area contributed by atoms with E-state index in [1.54, 1.807) is 11.1 Å². The minimum atomic E-state index is 0.412. The van der Waals surface area contributed by atoms with Gasteiger partial charge in [-0.15, -0.1) is 0 Å². The number of fused-ring (bicyclic) bond motifs is 1. The van der Waals surface area contributed by atoms with Crippen LogP contribution in [0.15, 0.2) is 42.5 Å². The Hall–Kier alpha value is -1.80. The first kappa shape index (κ1) is 17.6. The summed E-state index contributed by atoms with van der Waals surface area (Å²) in [6, 6.07) is 16.3. The Morgan fingerprint density at radius 3 is 2.58 bits per heavy atom. The normalized spacial score (nSPS) is 25.1. The molecule has 3 atom stereocenters. The van der Waals surface area contributed by atoms with Crippen LogP contribution in [0, 0.1) is 5.92 Å². The zero-order valence-corrected chi connectivity index (χ0v) is 15.9. The van der Waals surface area contributed by atoms with Crippen molar-refractivity contribution in [2.75, 3.05) is 6.61 Å². The number of benzene rings is 2. The molecule has 2 heteroatoms. The van der Waals surface area contributed by atoms with Crippen molar-refractivity contribution in [1.82, 2.24) is 0 Å². The summed E-state index contributed by atoms with van der Waals surface area (Å²) in [6.07, 6.45) is 8.53. The molecular weight excluding hydrogens is 318 g/mol. The molecule has 0 saturated heterocycles. The Morgan fingerprint density at radius 1 is 1.00 bits per heavy atom. The highest BCUT2D eigenvalue weighted by atomic mass is 16.5. The predicted octanol–water partition coefficient (Wildman–Crippen LogP) is 5.03. The van der Waals surface area contributed by atoms with Gasteiger partial charge in [0.15, 0.2) is 0 Å². The van der Waals surface area contributed by atoms with Crippen molar-refractivity contribution in [2.45, 2.75) is 63.8 Å². The van der Waals surface area contributed by atoms with Crippen LogP contribution in [0.3, 0.4) is 0 Å². The Kier molecular flexibility index (Phi) is 5.31. The predicted molar refractivity (Wildman–Crippen MR) is 108 cm³/mol. The third-order valence-electron chi connectivity index (χ3n) is 6.26. The Labute approximate surface area is 157 Å². The topological polar surface area (TPSA) is 35.2 Å². The van der Waals surface area contributed by atoms with E-state index in [1.807, 2.05) is 6.92 Å². The molecule has 0 radical (unpaired) electrons. The molecule has 1 fully saturated rings. The van der Waals surface area contributed by atoms with Gasteiger partial charge in [-0.05, 0) is 98.1 Å². The molecule has 3 unspecified atom stereocenters. The Morgan fingerprint density at radius 2 is 1.85 bits per heavy atom. The summed E-state index contributed by atoms with van der Waals surface area (Å²) in [6.45, 7) is 2.76. The minimum Gasteiger partial charge on any atom is -0.494 e. The van der Waals surface area contributed by atoms with Crippen LogP contribution in [0.4, 0.5) is 0 Å². The lowest BCUT2D eigenvalue weighted by molar-refractivity contribution is 0.340. The minimum absolute atomic E-state index is 0.412. The van der Waals surface area contributed by atoms with Gasteiger partial charge in [-0.25, -0.2) is 0 Å². The van der Waals surface area contributed by atoms with Crippen LogP contribution in [0.5, 0.6) is 5.75 Å². The number of aryl methyl sites for hydroxylation is 1. The number of nitrogens with two attached hydrogens (primary N) is 1. The zero-order chi connectivity index (χ0) is 17.9. The summed E-state index contributed by atoms with van der Waals surface area (Å²) in [7, 11) is 0. The number of ether oxygens (including phenoxy) is 1. The van der Waals surface area contributed by atoms with E-state index >= 15 is 0 Å². The zero-order valence-electron chi connectivity index (χ0n) is 15.9. The van der Waals surface area contributed by atoms with Crippen molar-refractivity contribution in [3.8, 4) is 5.75 Å². The van der Waals surface area contributed by atoms with Gasteiger partial charge in [0.2, 0.25) is 0 Å². The molecule has 0 aliphatic heterocycles. The van der Waals surface area contributed by atoms with E-state index in [-0.39, 0.29) is 0 Å². The van der Waals surface area contributed by atoms with Crippen molar-refractivity contribution in [3.05, 3.63) is 64.7 Å². The van der Waals surface area contributed by atoms with E-state index in [9.17, 15) is 0 Å². The fraction of sp³-hybridized carbons (Fsp3) is 0.500. The van der Waals surface area contributed by atoms with E-state index in [2.05, 4.69) is 42.5 Å².